The Morgan fingerprint density at radius 2 is 1.69 bits per heavy atom. The number of halogens is 1. The smallest absolute Gasteiger partial charge is 0.191 e. The Morgan fingerprint density at radius 1 is 1.03 bits per heavy atom. The van der Waals surface area contributed by atoms with Crippen molar-refractivity contribution in [3.63, 3.8) is 0 Å². The summed E-state index contributed by atoms with van der Waals surface area (Å²) >= 11 is 0. The van der Waals surface area contributed by atoms with Gasteiger partial charge in [-0.2, -0.15) is 0 Å². The number of methoxy groups -OCH3 is 3. The van der Waals surface area contributed by atoms with Crippen LogP contribution in [0.25, 0.3) is 0 Å². The molecule has 0 radical (unpaired) electrons. The third kappa shape index (κ3) is 10.8. The summed E-state index contributed by atoms with van der Waals surface area (Å²) in [7, 11) is 4.93. The first-order chi connectivity index (χ1) is 13.5. The first-order valence-corrected chi connectivity index (χ1v) is 9.94. The average molecular weight is 523 g/mol. The van der Waals surface area contributed by atoms with Crippen LogP contribution in [0.5, 0.6) is 17.2 Å². The van der Waals surface area contributed by atoms with Crippen LogP contribution in [0.2, 0.25) is 0 Å². The van der Waals surface area contributed by atoms with Crippen LogP contribution in [-0.2, 0) is 11.2 Å². The van der Waals surface area contributed by atoms with E-state index in [1.54, 1.807) is 21.3 Å². The number of hydrogen-bond donors (Lipinski definition) is 2. The molecule has 0 saturated heterocycles. The first kappa shape index (κ1) is 27.6. The quantitative estimate of drug-likeness (QED) is 0.179. The fraction of sp³-hybridized carbons (Fsp3) is 0.667. The molecule has 1 aromatic carbocycles. The molecule has 0 aliphatic heterocycles. The van der Waals surface area contributed by atoms with E-state index in [0.717, 1.165) is 62.2 Å². The molecule has 0 heterocycles. The molecular formula is C21H38IN3O4. The van der Waals surface area contributed by atoms with Gasteiger partial charge in [0.1, 0.15) is 17.2 Å². The Labute approximate surface area is 192 Å². The van der Waals surface area contributed by atoms with Crippen LogP contribution in [-0.4, -0.2) is 60.1 Å². The molecule has 0 bridgehead atoms. The summed E-state index contributed by atoms with van der Waals surface area (Å²) in [6.07, 6.45) is 1.64. The molecule has 0 unspecified atom stereocenters. The molecule has 0 aromatic heterocycles. The van der Waals surface area contributed by atoms with Crippen LogP contribution in [0.1, 0.15) is 32.8 Å². The summed E-state index contributed by atoms with van der Waals surface area (Å²) in [6, 6.07) is 3.74. The van der Waals surface area contributed by atoms with E-state index in [-0.39, 0.29) is 24.0 Å². The van der Waals surface area contributed by atoms with E-state index < -0.39 is 0 Å². The second-order valence-corrected chi connectivity index (χ2v) is 6.77. The third-order valence-electron chi connectivity index (χ3n) is 4.00. The van der Waals surface area contributed by atoms with Crippen molar-refractivity contribution in [3.8, 4) is 17.2 Å². The molecule has 168 valence electrons. The Hall–Kier alpha value is -1.42. The van der Waals surface area contributed by atoms with E-state index in [1.165, 1.54) is 0 Å². The molecule has 7 nitrogen and oxygen atoms in total. The van der Waals surface area contributed by atoms with Gasteiger partial charge in [0.05, 0.1) is 21.3 Å². The Kier molecular flexibility index (Phi) is 15.6. The number of benzene rings is 1. The molecule has 0 atom stereocenters. The van der Waals surface area contributed by atoms with Gasteiger partial charge in [0.2, 0.25) is 0 Å². The van der Waals surface area contributed by atoms with Crippen molar-refractivity contribution in [2.24, 2.45) is 10.9 Å². The van der Waals surface area contributed by atoms with Crippen LogP contribution in [0.3, 0.4) is 0 Å². The number of aliphatic imine (C=N–C) groups is 1. The molecule has 0 saturated carbocycles. The third-order valence-corrected chi connectivity index (χ3v) is 4.00. The van der Waals surface area contributed by atoms with E-state index in [0.29, 0.717) is 18.2 Å². The summed E-state index contributed by atoms with van der Waals surface area (Å²) in [5.41, 5.74) is 0.997. The van der Waals surface area contributed by atoms with Gasteiger partial charge in [-0.1, -0.05) is 13.8 Å². The number of rotatable bonds is 13. The topological polar surface area (TPSA) is 73.3 Å². The van der Waals surface area contributed by atoms with E-state index in [2.05, 4.69) is 36.4 Å². The van der Waals surface area contributed by atoms with Crippen molar-refractivity contribution in [3.05, 3.63) is 17.7 Å². The molecule has 1 rings (SSSR count). The largest absolute Gasteiger partial charge is 0.496 e. The van der Waals surface area contributed by atoms with Crippen LogP contribution < -0.4 is 24.8 Å². The van der Waals surface area contributed by atoms with Crippen molar-refractivity contribution in [1.29, 1.82) is 0 Å². The van der Waals surface area contributed by atoms with Gasteiger partial charge in [0, 0.05) is 50.5 Å². The van der Waals surface area contributed by atoms with Gasteiger partial charge in [-0.3, -0.25) is 4.99 Å². The normalized spacial score (nSPS) is 11.1. The first-order valence-electron chi connectivity index (χ1n) is 9.94. The molecule has 2 N–H and O–H groups in total. The lowest BCUT2D eigenvalue weighted by molar-refractivity contribution is 0.109. The lowest BCUT2D eigenvalue weighted by Crippen LogP contribution is -2.38. The maximum atomic E-state index is 5.60. The van der Waals surface area contributed by atoms with Crippen molar-refractivity contribution in [1.82, 2.24) is 10.6 Å². The van der Waals surface area contributed by atoms with E-state index >= 15 is 0 Å². The minimum atomic E-state index is 0. The molecule has 8 heteroatoms. The van der Waals surface area contributed by atoms with Gasteiger partial charge in [0.15, 0.2) is 5.96 Å². The average Bonchev–Trinajstić information content (AvgIpc) is 2.69. The van der Waals surface area contributed by atoms with E-state index in [9.17, 15) is 0 Å². The van der Waals surface area contributed by atoms with Crippen molar-refractivity contribution in [2.75, 3.05) is 54.2 Å². The lowest BCUT2D eigenvalue weighted by atomic mass is 10.1. The highest BCUT2D eigenvalue weighted by atomic mass is 127. The number of hydrogen-bond acceptors (Lipinski definition) is 5. The zero-order valence-corrected chi connectivity index (χ0v) is 21.0. The number of nitrogens with zero attached hydrogens (tertiary/aromatic N) is 1. The molecular weight excluding hydrogens is 485 g/mol. The maximum absolute atomic E-state index is 5.60. The number of guanidine groups is 1. The molecule has 1 aromatic rings. The summed E-state index contributed by atoms with van der Waals surface area (Å²) in [4.78, 5) is 4.61. The number of ether oxygens (including phenoxy) is 4. The lowest BCUT2D eigenvalue weighted by Gasteiger charge is -2.16. The van der Waals surface area contributed by atoms with Gasteiger partial charge >= 0.3 is 0 Å². The number of nitrogens with one attached hydrogen (secondary N) is 2. The van der Waals surface area contributed by atoms with Crippen molar-refractivity contribution < 1.29 is 18.9 Å². The monoisotopic (exact) mass is 523 g/mol. The minimum Gasteiger partial charge on any atom is -0.496 e. The van der Waals surface area contributed by atoms with E-state index in [4.69, 9.17) is 18.9 Å². The van der Waals surface area contributed by atoms with Crippen molar-refractivity contribution in [2.45, 2.75) is 33.6 Å². The Morgan fingerprint density at radius 3 is 2.21 bits per heavy atom. The maximum Gasteiger partial charge on any atom is 0.191 e. The van der Waals surface area contributed by atoms with Gasteiger partial charge in [-0.25, -0.2) is 0 Å². The second-order valence-electron chi connectivity index (χ2n) is 6.77. The highest BCUT2D eigenvalue weighted by Crippen LogP contribution is 2.34. The Bertz CT molecular complexity index is 572. The SMILES string of the molecule is CCNC(=NCCCOCC(C)C)NCCc1c(OC)cc(OC)cc1OC.I. The zero-order chi connectivity index (χ0) is 20.8. The predicted octanol–water partition coefficient (Wildman–Crippen LogP) is 3.49. The van der Waals surface area contributed by atoms with Crippen molar-refractivity contribution >= 4 is 29.9 Å². The summed E-state index contributed by atoms with van der Waals surface area (Å²) in [6.45, 7) is 10.1. The van der Waals surface area contributed by atoms with Gasteiger partial charge < -0.3 is 29.6 Å². The van der Waals surface area contributed by atoms with Gasteiger partial charge in [-0.15, -0.1) is 24.0 Å². The predicted molar refractivity (Wildman–Crippen MR) is 129 cm³/mol. The van der Waals surface area contributed by atoms with Crippen LogP contribution in [0.4, 0.5) is 0 Å². The fourth-order valence-corrected chi connectivity index (χ4v) is 2.65. The van der Waals surface area contributed by atoms with E-state index in [1.807, 2.05) is 12.1 Å². The summed E-state index contributed by atoms with van der Waals surface area (Å²) in [5, 5.41) is 6.63. The Balaban J connectivity index is 0.00000784. The molecule has 0 spiro atoms. The van der Waals surface area contributed by atoms with Gasteiger partial charge in [0.25, 0.3) is 0 Å². The zero-order valence-electron chi connectivity index (χ0n) is 18.7. The molecule has 0 aliphatic rings. The summed E-state index contributed by atoms with van der Waals surface area (Å²) < 4.78 is 21.9. The molecule has 0 amide bonds. The van der Waals surface area contributed by atoms with Crippen LogP contribution in [0, 0.1) is 5.92 Å². The molecule has 29 heavy (non-hydrogen) atoms. The van der Waals surface area contributed by atoms with Crippen LogP contribution >= 0.6 is 24.0 Å². The molecule has 0 aliphatic carbocycles. The minimum absolute atomic E-state index is 0. The van der Waals surface area contributed by atoms with Gasteiger partial charge in [-0.05, 0) is 25.7 Å². The highest BCUT2D eigenvalue weighted by molar-refractivity contribution is 14.0. The van der Waals surface area contributed by atoms with Crippen LogP contribution in [0.15, 0.2) is 17.1 Å². The standard InChI is InChI=1S/C21H37N3O4.HI/c1-7-22-21(23-10-8-12-28-15-16(2)3)24-11-9-18-19(26-5)13-17(25-4)14-20(18)27-6;/h13-14,16H,7-12,15H2,1-6H3,(H2,22,23,24);1H. The highest BCUT2D eigenvalue weighted by Gasteiger charge is 2.13. The summed E-state index contributed by atoms with van der Waals surface area (Å²) in [5.74, 6) is 3.58. The molecule has 0 fully saturated rings. The fourth-order valence-electron chi connectivity index (χ4n) is 2.65. The second kappa shape index (κ2) is 16.4.